The zero-order valence-electron chi connectivity index (χ0n) is 11.2. The van der Waals surface area contributed by atoms with Crippen LogP contribution in [0, 0.1) is 0 Å². The second-order valence-corrected chi connectivity index (χ2v) is 6.97. The van der Waals surface area contributed by atoms with Crippen molar-refractivity contribution in [2.24, 2.45) is 5.73 Å². The summed E-state index contributed by atoms with van der Waals surface area (Å²) in [7, 11) is -3.58. The minimum Gasteiger partial charge on any atom is -0.326 e. The fourth-order valence-electron chi connectivity index (χ4n) is 1.76. The van der Waals surface area contributed by atoms with Crippen molar-refractivity contribution in [2.75, 3.05) is 0 Å². The van der Waals surface area contributed by atoms with Crippen LogP contribution in [0.2, 0.25) is 0 Å². The van der Waals surface area contributed by atoms with E-state index < -0.39 is 10.0 Å². The van der Waals surface area contributed by atoms with Gasteiger partial charge in [0.25, 0.3) is 10.0 Å². The molecule has 0 saturated carbocycles. The molecule has 0 atom stereocenters. The van der Waals surface area contributed by atoms with E-state index in [0.29, 0.717) is 13.1 Å². The first-order valence-electron chi connectivity index (χ1n) is 6.26. The van der Waals surface area contributed by atoms with Crippen molar-refractivity contribution in [3.8, 4) is 0 Å². The number of nitrogens with two attached hydrogens (primary N) is 1. The van der Waals surface area contributed by atoms with Gasteiger partial charge in [-0.1, -0.05) is 13.0 Å². The summed E-state index contributed by atoms with van der Waals surface area (Å²) in [5.41, 5.74) is 7.43. The maximum atomic E-state index is 12.1. The molecule has 20 heavy (non-hydrogen) atoms. The third-order valence-corrected chi connectivity index (χ3v) is 5.23. The predicted molar refractivity (Wildman–Crippen MR) is 79.9 cm³/mol. The molecule has 0 spiro atoms. The molecule has 0 saturated heterocycles. The standard InChI is InChI=1S/C13H17N3O2S2/c1-2-11-5-6-19-12(11)9-16-20(17,18)13-4-3-10(7-14)8-15-13/h3-6,8,16H,2,7,9,14H2,1H3. The zero-order chi connectivity index (χ0) is 14.6. The van der Waals surface area contributed by atoms with Crippen LogP contribution < -0.4 is 10.5 Å². The topological polar surface area (TPSA) is 85.1 Å². The van der Waals surface area contributed by atoms with Crippen LogP contribution in [0.4, 0.5) is 0 Å². The molecule has 2 aromatic heterocycles. The molecule has 0 aliphatic carbocycles. The van der Waals surface area contributed by atoms with Gasteiger partial charge in [0.15, 0.2) is 5.03 Å². The van der Waals surface area contributed by atoms with Crippen LogP contribution in [0.1, 0.15) is 22.9 Å². The molecular formula is C13H17N3O2S2. The minimum atomic E-state index is -3.58. The molecule has 0 aliphatic rings. The largest absolute Gasteiger partial charge is 0.326 e. The summed E-state index contributed by atoms with van der Waals surface area (Å²) in [6.45, 7) is 2.69. The van der Waals surface area contributed by atoms with E-state index in [9.17, 15) is 8.42 Å². The molecule has 7 heteroatoms. The lowest BCUT2D eigenvalue weighted by Gasteiger charge is -2.06. The second-order valence-electron chi connectivity index (χ2n) is 4.26. The number of hydrogen-bond acceptors (Lipinski definition) is 5. The smallest absolute Gasteiger partial charge is 0.258 e. The molecule has 108 valence electrons. The van der Waals surface area contributed by atoms with Crippen LogP contribution in [0.3, 0.4) is 0 Å². The van der Waals surface area contributed by atoms with E-state index >= 15 is 0 Å². The van der Waals surface area contributed by atoms with E-state index in [2.05, 4.69) is 9.71 Å². The number of sulfonamides is 1. The molecule has 0 aliphatic heterocycles. The molecule has 2 heterocycles. The molecule has 2 aromatic rings. The van der Waals surface area contributed by atoms with Gasteiger partial charge < -0.3 is 5.73 Å². The van der Waals surface area contributed by atoms with E-state index in [1.807, 2.05) is 18.4 Å². The van der Waals surface area contributed by atoms with E-state index in [-0.39, 0.29) is 5.03 Å². The Morgan fingerprint density at radius 3 is 2.75 bits per heavy atom. The van der Waals surface area contributed by atoms with Gasteiger partial charge in [0.2, 0.25) is 0 Å². The summed E-state index contributed by atoms with van der Waals surface area (Å²) in [5.74, 6) is 0. The van der Waals surface area contributed by atoms with Crippen LogP contribution >= 0.6 is 11.3 Å². The average Bonchev–Trinajstić information content (AvgIpc) is 2.93. The van der Waals surface area contributed by atoms with Gasteiger partial charge in [0, 0.05) is 24.2 Å². The monoisotopic (exact) mass is 311 g/mol. The van der Waals surface area contributed by atoms with Crippen molar-refractivity contribution in [3.63, 3.8) is 0 Å². The van der Waals surface area contributed by atoms with Crippen molar-refractivity contribution in [2.45, 2.75) is 31.5 Å². The molecule has 3 N–H and O–H groups in total. The van der Waals surface area contributed by atoms with Crippen molar-refractivity contribution in [3.05, 3.63) is 45.8 Å². The number of rotatable bonds is 6. The summed E-state index contributed by atoms with van der Waals surface area (Å²) in [5, 5.41) is 1.99. The fourth-order valence-corrected chi connectivity index (χ4v) is 3.69. The number of thiophene rings is 1. The van der Waals surface area contributed by atoms with Gasteiger partial charge in [0.05, 0.1) is 0 Å². The van der Waals surface area contributed by atoms with Crippen molar-refractivity contribution < 1.29 is 8.42 Å². The third-order valence-electron chi connectivity index (χ3n) is 2.95. The highest BCUT2D eigenvalue weighted by molar-refractivity contribution is 7.89. The van der Waals surface area contributed by atoms with E-state index in [4.69, 9.17) is 5.73 Å². The lowest BCUT2D eigenvalue weighted by molar-refractivity contribution is 0.577. The Morgan fingerprint density at radius 1 is 1.35 bits per heavy atom. The number of aromatic nitrogens is 1. The number of nitrogens with one attached hydrogen (secondary N) is 1. The van der Waals surface area contributed by atoms with Crippen LogP contribution in [0.25, 0.3) is 0 Å². The Morgan fingerprint density at radius 2 is 2.15 bits per heavy atom. The summed E-state index contributed by atoms with van der Waals surface area (Å²) >= 11 is 1.55. The van der Waals surface area contributed by atoms with Crippen LogP contribution in [-0.2, 0) is 29.5 Å². The maximum Gasteiger partial charge on any atom is 0.258 e. The minimum absolute atomic E-state index is 0.0179. The first-order chi connectivity index (χ1) is 9.56. The lowest BCUT2D eigenvalue weighted by Crippen LogP contribution is -2.24. The molecule has 0 radical (unpaired) electrons. The fraction of sp³-hybridized carbons (Fsp3) is 0.308. The molecular weight excluding hydrogens is 294 g/mol. The van der Waals surface area contributed by atoms with Crippen molar-refractivity contribution >= 4 is 21.4 Å². The Kier molecular flexibility index (Phi) is 4.87. The van der Waals surface area contributed by atoms with E-state index in [1.165, 1.54) is 17.8 Å². The predicted octanol–water partition coefficient (Wildman–Crippen LogP) is 1.64. The van der Waals surface area contributed by atoms with E-state index in [0.717, 1.165) is 16.9 Å². The van der Waals surface area contributed by atoms with Gasteiger partial charge in [0.1, 0.15) is 0 Å². The normalized spacial score (nSPS) is 11.7. The maximum absolute atomic E-state index is 12.1. The number of hydrogen-bond donors (Lipinski definition) is 2. The summed E-state index contributed by atoms with van der Waals surface area (Å²) in [6.07, 6.45) is 2.38. The molecule has 0 unspecified atom stereocenters. The molecule has 2 rings (SSSR count). The van der Waals surface area contributed by atoms with Gasteiger partial charge in [-0.2, -0.15) is 0 Å². The Hall–Kier alpha value is -1.28. The number of pyridine rings is 1. The number of nitrogens with zero attached hydrogens (tertiary/aromatic N) is 1. The molecule has 0 bridgehead atoms. The third kappa shape index (κ3) is 3.43. The van der Waals surface area contributed by atoms with Gasteiger partial charge >= 0.3 is 0 Å². The molecule has 5 nitrogen and oxygen atoms in total. The highest BCUT2D eigenvalue weighted by atomic mass is 32.2. The van der Waals surface area contributed by atoms with Crippen LogP contribution in [-0.4, -0.2) is 13.4 Å². The first kappa shape index (κ1) is 15.1. The molecule has 0 fully saturated rings. The van der Waals surface area contributed by atoms with Gasteiger partial charge in [-0.25, -0.2) is 18.1 Å². The number of aryl methyl sites for hydroxylation is 1. The van der Waals surface area contributed by atoms with Gasteiger partial charge in [-0.3, -0.25) is 0 Å². The van der Waals surface area contributed by atoms with Crippen molar-refractivity contribution in [1.29, 1.82) is 0 Å². The molecule has 0 aromatic carbocycles. The van der Waals surface area contributed by atoms with E-state index in [1.54, 1.807) is 17.4 Å². The lowest BCUT2D eigenvalue weighted by atomic mass is 10.2. The summed E-state index contributed by atoms with van der Waals surface area (Å²) < 4.78 is 26.8. The Balaban J connectivity index is 2.10. The first-order valence-corrected chi connectivity index (χ1v) is 8.63. The van der Waals surface area contributed by atoms with Crippen LogP contribution in [0.5, 0.6) is 0 Å². The average molecular weight is 311 g/mol. The Labute approximate surface area is 122 Å². The second kappa shape index (κ2) is 6.45. The SMILES string of the molecule is CCc1ccsc1CNS(=O)(=O)c1ccc(CN)cn1. The summed E-state index contributed by atoms with van der Waals surface area (Å²) in [6, 6.07) is 5.16. The highest BCUT2D eigenvalue weighted by Gasteiger charge is 2.16. The van der Waals surface area contributed by atoms with Crippen LogP contribution in [0.15, 0.2) is 34.8 Å². The highest BCUT2D eigenvalue weighted by Crippen LogP contribution is 2.18. The van der Waals surface area contributed by atoms with Gasteiger partial charge in [-0.05, 0) is 35.1 Å². The Bertz CT molecular complexity index is 663. The quantitative estimate of drug-likeness (QED) is 0.849. The van der Waals surface area contributed by atoms with Gasteiger partial charge in [-0.15, -0.1) is 11.3 Å². The molecule has 0 amide bonds. The zero-order valence-corrected chi connectivity index (χ0v) is 12.8. The van der Waals surface area contributed by atoms with Crippen molar-refractivity contribution in [1.82, 2.24) is 9.71 Å². The summed E-state index contributed by atoms with van der Waals surface area (Å²) in [4.78, 5) is 4.97.